The van der Waals surface area contributed by atoms with Crippen molar-refractivity contribution in [3.63, 3.8) is 0 Å². The normalized spacial score (nSPS) is 16.6. The minimum absolute atomic E-state index is 0.189. The van der Waals surface area contributed by atoms with Crippen molar-refractivity contribution in [1.29, 1.82) is 0 Å². The van der Waals surface area contributed by atoms with Crippen LogP contribution in [0.4, 0.5) is 0 Å². The molecule has 3 N–H and O–H groups in total. The number of aromatic nitrogens is 1. The molecule has 4 heteroatoms. The number of nitrogens with one attached hydrogen (secondary N) is 1. The van der Waals surface area contributed by atoms with Gasteiger partial charge in [0.25, 0.3) is 0 Å². The van der Waals surface area contributed by atoms with Crippen LogP contribution in [-0.2, 0) is 11.8 Å². The van der Waals surface area contributed by atoms with Gasteiger partial charge in [0.05, 0.1) is 6.54 Å². The van der Waals surface area contributed by atoms with E-state index in [0.717, 1.165) is 25.2 Å². The largest absolute Gasteiger partial charge is 0.370 e. The molecule has 1 saturated carbocycles. The van der Waals surface area contributed by atoms with Crippen molar-refractivity contribution in [2.75, 3.05) is 13.1 Å². The summed E-state index contributed by atoms with van der Waals surface area (Å²) in [4.78, 5) is 8.89. The highest BCUT2D eigenvalue weighted by Gasteiger charge is 2.38. The average Bonchev–Trinajstić information content (AvgIpc) is 2.56. The smallest absolute Gasteiger partial charge is 0.188 e. The van der Waals surface area contributed by atoms with E-state index in [2.05, 4.69) is 45.6 Å². The molecule has 1 heterocycles. The fourth-order valence-electron chi connectivity index (χ4n) is 3.09. The molecule has 120 valence electrons. The highest BCUT2D eigenvalue weighted by atomic mass is 15.1. The first-order valence-electron chi connectivity index (χ1n) is 8.28. The van der Waals surface area contributed by atoms with Gasteiger partial charge in [0.2, 0.25) is 0 Å². The van der Waals surface area contributed by atoms with Crippen molar-refractivity contribution in [3.8, 4) is 0 Å². The number of hydrogen-bond donors (Lipinski definition) is 2. The molecule has 4 nitrogen and oxygen atoms in total. The molecule has 0 amide bonds. The molecule has 0 unspecified atom stereocenters. The Kier molecular flexibility index (Phi) is 4.91. The third-order valence-electron chi connectivity index (χ3n) is 4.66. The van der Waals surface area contributed by atoms with Crippen molar-refractivity contribution in [1.82, 2.24) is 10.3 Å². The van der Waals surface area contributed by atoms with Gasteiger partial charge in [-0.05, 0) is 30.5 Å². The second-order valence-corrected chi connectivity index (χ2v) is 6.20. The molecular formula is C19H24N4. The lowest BCUT2D eigenvalue weighted by Crippen LogP contribution is -2.40. The van der Waals surface area contributed by atoms with Gasteiger partial charge in [-0.1, -0.05) is 42.8 Å². The monoisotopic (exact) mass is 308 g/mol. The minimum Gasteiger partial charge on any atom is -0.370 e. The van der Waals surface area contributed by atoms with Crippen molar-refractivity contribution < 1.29 is 0 Å². The van der Waals surface area contributed by atoms with Crippen LogP contribution in [0.5, 0.6) is 0 Å². The van der Waals surface area contributed by atoms with Crippen LogP contribution in [-0.4, -0.2) is 24.0 Å². The zero-order valence-electron chi connectivity index (χ0n) is 13.4. The van der Waals surface area contributed by atoms with Gasteiger partial charge in [0.15, 0.2) is 5.96 Å². The number of pyridine rings is 1. The van der Waals surface area contributed by atoms with Gasteiger partial charge in [0, 0.05) is 30.3 Å². The Bertz CT molecular complexity index is 633. The lowest BCUT2D eigenvalue weighted by atomic mass is 9.64. The minimum atomic E-state index is 0.189. The molecule has 0 radical (unpaired) electrons. The van der Waals surface area contributed by atoms with E-state index in [9.17, 15) is 0 Å². The number of rotatable bonds is 6. The average molecular weight is 308 g/mol. The second-order valence-electron chi connectivity index (χ2n) is 6.20. The molecule has 0 bridgehead atoms. The summed E-state index contributed by atoms with van der Waals surface area (Å²) in [5.41, 5.74) is 8.66. The number of benzene rings is 1. The quantitative estimate of drug-likeness (QED) is 0.637. The Hall–Kier alpha value is -2.36. The maximum Gasteiger partial charge on any atom is 0.188 e. The molecule has 1 aromatic heterocycles. The van der Waals surface area contributed by atoms with Gasteiger partial charge in [-0.25, -0.2) is 0 Å². The number of nitrogens with zero attached hydrogens (tertiary/aromatic N) is 2. The Morgan fingerprint density at radius 1 is 1.13 bits per heavy atom. The van der Waals surface area contributed by atoms with Crippen LogP contribution in [0.3, 0.4) is 0 Å². The molecule has 23 heavy (non-hydrogen) atoms. The van der Waals surface area contributed by atoms with E-state index in [1.807, 2.05) is 24.4 Å². The number of nitrogens with two attached hydrogens (primary N) is 1. The van der Waals surface area contributed by atoms with Gasteiger partial charge < -0.3 is 11.1 Å². The van der Waals surface area contributed by atoms with Gasteiger partial charge in [-0.3, -0.25) is 9.98 Å². The summed E-state index contributed by atoms with van der Waals surface area (Å²) in [5.74, 6) is 0.531. The highest BCUT2D eigenvalue weighted by molar-refractivity contribution is 5.77. The van der Waals surface area contributed by atoms with Gasteiger partial charge in [-0.15, -0.1) is 0 Å². The predicted octanol–water partition coefficient (Wildman–Crippen LogP) is 2.65. The van der Waals surface area contributed by atoms with Crippen LogP contribution in [0.25, 0.3) is 0 Å². The fourth-order valence-corrected chi connectivity index (χ4v) is 3.09. The summed E-state index contributed by atoms with van der Waals surface area (Å²) < 4.78 is 0. The van der Waals surface area contributed by atoms with Crippen LogP contribution in [0.15, 0.2) is 59.7 Å². The Labute approximate surface area is 137 Å². The molecule has 0 saturated heterocycles. The Balaban J connectivity index is 1.52. The first kappa shape index (κ1) is 15.5. The molecular weight excluding hydrogens is 284 g/mol. The first-order chi connectivity index (χ1) is 11.3. The van der Waals surface area contributed by atoms with E-state index in [1.54, 1.807) is 0 Å². The molecule has 0 atom stereocenters. The van der Waals surface area contributed by atoms with Gasteiger partial charge >= 0.3 is 0 Å². The molecule has 1 fully saturated rings. The van der Waals surface area contributed by atoms with E-state index in [0.29, 0.717) is 5.96 Å². The molecule has 1 aliphatic rings. The van der Waals surface area contributed by atoms with Crippen LogP contribution in [0.2, 0.25) is 0 Å². The molecule has 3 rings (SSSR count). The van der Waals surface area contributed by atoms with E-state index in [1.165, 1.54) is 24.8 Å². The zero-order chi connectivity index (χ0) is 16.0. The lowest BCUT2D eigenvalue weighted by Gasteiger charge is -2.41. The van der Waals surface area contributed by atoms with Crippen molar-refractivity contribution in [3.05, 3.63) is 66.0 Å². The van der Waals surface area contributed by atoms with Crippen molar-refractivity contribution >= 4 is 5.96 Å². The standard InChI is InChI=1S/C19H24N4/c20-18(22-14-10-17-9-4-5-13-21-17)23-15-19(11-6-12-19)16-7-2-1-3-8-16/h1-5,7-9,13H,6,10-12,14-15H2,(H3,20,22,23). The summed E-state index contributed by atoms with van der Waals surface area (Å²) >= 11 is 0. The van der Waals surface area contributed by atoms with E-state index in [-0.39, 0.29) is 5.41 Å². The van der Waals surface area contributed by atoms with Crippen LogP contribution in [0, 0.1) is 0 Å². The first-order valence-corrected chi connectivity index (χ1v) is 8.28. The van der Waals surface area contributed by atoms with Crippen LogP contribution >= 0.6 is 0 Å². The van der Waals surface area contributed by atoms with Crippen LogP contribution in [0.1, 0.15) is 30.5 Å². The Morgan fingerprint density at radius 2 is 1.91 bits per heavy atom. The Morgan fingerprint density at radius 3 is 2.57 bits per heavy atom. The summed E-state index contributed by atoms with van der Waals surface area (Å²) in [5, 5.41) is 3.19. The number of aliphatic imine (C=N–C) groups is 1. The topological polar surface area (TPSA) is 63.3 Å². The molecule has 1 aliphatic carbocycles. The number of guanidine groups is 1. The lowest BCUT2D eigenvalue weighted by molar-refractivity contribution is 0.253. The SMILES string of the molecule is NC(=NCC1(c2ccccc2)CCC1)NCCc1ccccn1. The molecule has 0 spiro atoms. The fraction of sp³-hybridized carbons (Fsp3) is 0.368. The molecule has 1 aromatic carbocycles. The van der Waals surface area contributed by atoms with E-state index < -0.39 is 0 Å². The second kappa shape index (κ2) is 7.27. The summed E-state index contributed by atoms with van der Waals surface area (Å²) in [6, 6.07) is 16.6. The van der Waals surface area contributed by atoms with Gasteiger partial charge in [-0.2, -0.15) is 0 Å². The third kappa shape index (κ3) is 3.89. The van der Waals surface area contributed by atoms with E-state index >= 15 is 0 Å². The van der Waals surface area contributed by atoms with Crippen LogP contribution < -0.4 is 11.1 Å². The van der Waals surface area contributed by atoms with Gasteiger partial charge in [0.1, 0.15) is 0 Å². The van der Waals surface area contributed by atoms with Crippen molar-refractivity contribution in [2.24, 2.45) is 10.7 Å². The summed E-state index contributed by atoms with van der Waals surface area (Å²) in [6.45, 7) is 1.52. The zero-order valence-corrected chi connectivity index (χ0v) is 13.4. The third-order valence-corrected chi connectivity index (χ3v) is 4.66. The van der Waals surface area contributed by atoms with E-state index in [4.69, 9.17) is 5.73 Å². The molecule has 0 aliphatic heterocycles. The summed E-state index contributed by atoms with van der Waals surface area (Å²) in [7, 11) is 0. The highest BCUT2D eigenvalue weighted by Crippen LogP contribution is 2.43. The van der Waals surface area contributed by atoms with Crippen molar-refractivity contribution in [2.45, 2.75) is 31.1 Å². The number of hydrogen-bond acceptors (Lipinski definition) is 2. The maximum atomic E-state index is 6.02. The summed E-state index contributed by atoms with van der Waals surface area (Å²) in [6.07, 6.45) is 6.33. The predicted molar refractivity (Wildman–Crippen MR) is 94.4 cm³/mol. The maximum absolute atomic E-state index is 6.02. The molecule has 2 aromatic rings.